The Labute approximate surface area is 272 Å². The number of para-hydroxylation sites is 1. The first kappa shape index (κ1) is 27.1. The second-order valence-corrected chi connectivity index (χ2v) is 11.9. The molecule has 47 heavy (non-hydrogen) atoms. The lowest BCUT2D eigenvalue weighted by atomic mass is 9.99. The molecule has 1 N–H and O–H groups in total. The lowest BCUT2D eigenvalue weighted by molar-refractivity contribution is 0.667. The van der Waals surface area contributed by atoms with Gasteiger partial charge in [-0.3, -0.25) is 0 Å². The molecule has 2 heterocycles. The Morgan fingerprint density at radius 2 is 0.957 bits per heavy atom. The average molecular weight is 604 g/mol. The summed E-state index contributed by atoms with van der Waals surface area (Å²) in [5.41, 5.74) is 9.42. The Morgan fingerprint density at radius 1 is 0.426 bits per heavy atom. The molecule has 1 aromatic heterocycles. The van der Waals surface area contributed by atoms with Crippen LogP contribution < -0.4 is 5.32 Å². The lowest BCUT2D eigenvalue weighted by Gasteiger charge is -2.23. The van der Waals surface area contributed by atoms with Gasteiger partial charge in [0.2, 0.25) is 0 Å². The van der Waals surface area contributed by atoms with E-state index >= 15 is 0 Å². The van der Waals surface area contributed by atoms with Crippen LogP contribution in [0.1, 0.15) is 22.9 Å². The van der Waals surface area contributed by atoms with Gasteiger partial charge < -0.3 is 9.73 Å². The van der Waals surface area contributed by atoms with Crippen LogP contribution in [0.5, 0.6) is 0 Å². The van der Waals surface area contributed by atoms with Crippen molar-refractivity contribution in [2.45, 2.75) is 6.17 Å². The first-order valence-electron chi connectivity index (χ1n) is 15.9. The average Bonchev–Trinajstić information content (AvgIpc) is 3.54. The van der Waals surface area contributed by atoms with Crippen LogP contribution >= 0.6 is 0 Å². The van der Waals surface area contributed by atoms with Gasteiger partial charge in [0.05, 0.1) is 0 Å². The highest BCUT2D eigenvalue weighted by atomic mass is 16.3. The third-order valence-corrected chi connectivity index (χ3v) is 8.92. The summed E-state index contributed by atoms with van der Waals surface area (Å²) in [5.74, 6) is 1.56. The van der Waals surface area contributed by atoms with E-state index in [1.165, 1.54) is 16.5 Å². The molecular weight excluding hydrogens is 574 g/mol. The number of aliphatic imine (C=N–C) groups is 2. The molecule has 0 aliphatic carbocycles. The number of nitrogens with zero attached hydrogens (tertiary/aromatic N) is 2. The molecule has 0 saturated heterocycles. The number of furan rings is 1. The highest BCUT2D eigenvalue weighted by molar-refractivity contribution is 6.17. The Kier molecular flexibility index (Phi) is 6.50. The van der Waals surface area contributed by atoms with Crippen molar-refractivity contribution in [3.63, 3.8) is 0 Å². The number of fused-ring (bicyclic) bond motifs is 4. The van der Waals surface area contributed by atoms with Gasteiger partial charge in [0.15, 0.2) is 6.17 Å². The highest BCUT2D eigenvalue weighted by Gasteiger charge is 2.24. The monoisotopic (exact) mass is 603 g/mol. The number of amidine groups is 2. The van der Waals surface area contributed by atoms with E-state index < -0.39 is 6.17 Å². The van der Waals surface area contributed by atoms with Gasteiger partial charge in [-0.25, -0.2) is 9.98 Å². The van der Waals surface area contributed by atoms with E-state index in [9.17, 15) is 0 Å². The Bertz CT molecular complexity index is 2490. The topological polar surface area (TPSA) is 49.9 Å². The summed E-state index contributed by atoms with van der Waals surface area (Å²) in [6.07, 6.45) is -0.470. The van der Waals surface area contributed by atoms with Crippen LogP contribution in [0.15, 0.2) is 178 Å². The van der Waals surface area contributed by atoms with Crippen molar-refractivity contribution >= 4 is 44.4 Å². The Balaban J connectivity index is 1.18. The summed E-state index contributed by atoms with van der Waals surface area (Å²) < 4.78 is 6.25. The largest absolute Gasteiger partial charge is 0.456 e. The van der Waals surface area contributed by atoms with E-state index in [2.05, 4.69) is 127 Å². The number of hydrogen-bond donors (Lipinski definition) is 1. The zero-order chi connectivity index (χ0) is 31.2. The predicted octanol–water partition coefficient (Wildman–Crippen LogP) is 10.6. The van der Waals surface area contributed by atoms with E-state index in [0.29, 0.717) is 0 Å². The Hall–Kier alpha value is -6.26. The molecule has 0 bridgehead atoms. The second-order valence-electron chi connectivity index (χ2n) is 11.9. The van der Waals surface area contributed by atoms with E-state index in [1.807, 2.05) is 42.5 Å². The van der Waals surface area contributed by atoms with Crippen LogP contribution in [-0.4, -0.2) is 11.7 Å². The summed E-state index contributed by atoms with van der Waals surface area (Å²) in [6, 6.07) is 57.0. The van der Waals surface area contributed by atoms with Crippen molar-refractivity contribution < 1.29 is 4.42 Å². The minimum Gasteiger partial charge on any atom is -0.456 e. The fourth-order valence-electron chi connectivity index (χ4n) is 6.58. The quantitative estimate of drug-likeness (QED) is 0.213. The van der Waals surface area contributed by atoms with E-state index in [0.717, 1.165) is 66.8 Å². The molecule has 1 atom stereocenters. The molecule has 0 fully saturated rings. The van der Waals surface area contributed by atoms with E-state index in [1.54, 1.807) is 0 Å². The van der Waals surface area contributed by atoms with Crippen molar-refractivity contribution in [3.05, 3.63) is 180 Å². The molecule has 222 valence electrons. The summed E-state index contributed by atoms with van der Waals surface area (Å²) in [5, 5.41) is 8.07. The van der Waals surface area contributed by atoms with Gasteiger partial charge in [-0.15, -0.1) is 0 Å². The van der Waals surface area contributed by atoms with E-state index in [4.69, 9.17) is 14.4 Å². The van der Waals surface area contributed by atoms with Crippen molar-refractivity contribution in [1.29, 1.82) is 0 Å². The maximum absolute atomic E-state index is 6.25. The van der Waals surface area contributed by atoms with Crippen molar-refractivity contribution in [3.8, 4) is 22.3 Å². The molecule has 0 spiro atoms. The highest BCUT2D eigenvalue weighted by Crippen LogP contribution is 2.37. The number of hydrogen-bond acceptors (Lipinski definition) is 4. The van der Waals surface area contributed by atoms with Crippen molar-refractivity contribution in [1.82, 2.24) is 5.32 Å². The molecule has 1 aliphatic rings. The number of benzene rings is 7. The molecule has 0 radical (unpaired) electrons. The minimum atomic E-state index is -0.470. The molecule has 0 saturated carbocycles. The second kappa shape index (κ2) is 11.3. The first-order valence-corrected chi connectivity index (χ1v) is 15.9. The minimum absolute atomic E-state index is 0.470. The molecule has 1 unspecified atom stereocenters. The third kappa shape index (κ3) is 4.97. The SMILES string of the molecule is c1ccc(-c2cccc(C3=NC(c4cccc5oc6ccccc6c45)N=C(c4ccc5cc(-c6ccccc6)ccc5c4)N3)c2)cc1. The zero-order valence-corrected chi connectivity index (χ0v) is 25.5. The first-order chi connectivity index (χ1) is 23.3. The predicted molar refractivity (Wildman–Crippen MR) is 194 cm³/mol. The summed E-state index contributed by atoms with van der Waals surface area (Å²) >= 11 is 0. The normalized spacial score (nSPS) is 14.6. The van der Waals surface area contributed by atoms with Gasteiger partial charge in [-0.05, 0) is 63.4 Å². The molecular formula is C43H29N3O. The maximum atomic E-state index is 6.25. The molecule has 4 heteroatoms. The molecule has 8 aromatic rings. The van der Waals surface area contributed by atoms with Crippen LogP contribution in [0.3, 0.4) is 0 Å². The standard InChI is InChI=1S/C43H29N3O/c1-3-11-28(12-4-1)30-15-9-16-34(26-30)41-44-42(35-24-23-32-25-31(21-22-33(32)27-35)29-13-5-2-6-14-29)46-43(45-41)37-18-10-20-39-40(37)36-17-7-8-19-38(36)47-39/h1-27,43H,(H,44,45,46). The molecule has 1 aliphatic heterocycles. The fourth-order valence-corrected chi connectivity index (χ4v) is 6.58. The summed E-state index contributed by atoms with van der Waals surface area (Å²) in [4.78, 5) is 10.5. The van der Waals surface area contributed by atoms with Crippen LogP contribution in [-0.2, 0) is 0 Å². The number of rotatable bonds is 5. The molecule has 9 rings (SSSR count). The lowest BCUT2D eigenvalue weighted by Crippen LogP contribution is -2.36. The van der Waals surface area contributed by atoms with Crippen LogP contribution in [0.25, 0.3) is 55.0 Å². The van der Waals surface area contributed by atoms with Gasteiger partial charge >= 0.3 is 0 Å². The van der Waals surface area contributed by atoms with Crippen LogP contribution in [0.4, 0.5) is 0 Å². The van der Waals surface area contributed by atoms with Gasteiger partial charge in [0, 0.05) is 27.5 Å². The maximum Gasteiger partial charge on any atom is 0.170 e. The molecule has 7 aromatic carbocycles. The van der Waals surface area contributed by atoms with Crippen molar-refractivity contribution in [2.24, 2.45) is 9.98 Å². The third-order valence-electron chi connectivity index (χ3n) is 8.92. The smallest absolute Gasteiger partial charge is 0.170 e. The van der Waals surface area contributed by atoms with Crippen LogP contribution in [0, 0.1) is 0 Å². The van der Waals surface area contributed by atoms with Gasteiger partial charge in [-0.1, -0.05) is 133 Å². The van der Waals surface area contributed by atoms with Gasteiger partial charge in [-0.2, -0.15) is 0 Å². The molecule has 4 nitrogen and oxygen atoms in total. The Morgan fingerprint density at radius 3 is 1.70 bits per heavy atom. The molecule has 0 amide bonds. The summed E-state index contributed by atoms with van der Waals surface area (Å²) in [6.45, 7) is 0. The van der Waals surface area contributed by atoms with Gasteiger partial charge in [0.1, 0.15) is 22.8 Å². The van der Waals surface area contributed by atoms with Crippen LogP contribution in [0.2, 0.25) is 0 Å². The fraction of sp³-hybridized carbons (Fsp3) is 0.0233. The summed E-state index contributed by atoms with van der Waals surface area (Å²) in [7, 11) is 0. The number of nitrogens with one attached hydrogen (secondary N) is 1. The van der Waals surface area contributed by atoms with Crippen molar-refractivity contribution in [2.75, 3.05) is 0 Å². The van der Waals surface area contributed by atoms with E-state index in [-0.39, 0.29) is 0 Å². The van der Waals surface area contributed by atoms with Gasteiger partial charge in [0.25, 0.3) is 0 Å². The zero-order valence-electron chi connectivity index (χ0n) is 25.5.